The van der Waals surface area contributed by atoms with Crippen molar-refractivity contribution < 1.29 is 43.4 Å². The van der Waals surface area contributed by atoms with Gasteiger partial charge in [-0.05, 0) is 35.4 Å². The molecule has 0 amide bonds. The molecule has 0 radical (unpaired) electrons. The number of benzene rings is 3. The van der Waals surface area contributed by atoms with E-state index in [0.717, 1.165) is 18.2 Å². The Balaban J connectivity index is 2.23. The van der Waals surface area contributed by atoms with E-state index < -0.39 is 48.4 Å². The fourth-order valence-electron chi connectivity index (χ4n) is 3.89. The molecule has 0 saturated carbocycles. The Labute approximate surface area is 200 Å². The van der Waals surface area contributed by atoms with Crippen LogP contribution in [0.3, 0.4) is 0 Å². The molecule has 188 valence electrons. The van der Waals surface area contributed by atoms with E-state index in [4.69, 9.17) is 4.74 Å². The number of aliphatic hydroxyl groups excluding tert-OH is 5. The zero-order chi connectivity index (χ0) is 25.6. The first-order valence-electron chi connectivity index (χ1n) is 10.9. The van der Waals surface area contributed by atoms with Gasteiger partial charge in [0, 0.05) is 6.42 Å². The van der Waals surface area contributed by atoms with Crippen molar-refractivity contribution in [3.05, 3.63) is 102 Å². The molecule has 35 heavy (non-hydrogen) atoms. The standard InChI is InChI=1S/C26H27F3O6/c27-26(28,29)19-11-7-10-18(14-19)25(15-17-8-3-1-4-9-17,35-20-12-5-2-6-13-20)24(34)23(33)22(32)21(31)16-30/h1-14,21-24,30-34H,15-16H2. The molecule has 5 atom stereocenters. The van der Waals surface area contributed by atoms with Crippen LogP contribution in [0.2, 0.25) is 0 Å². The Hall–Kier alpha value is -2.95. The number of halogens is 3. The van der Waals surface area contributed by atoms with Crippen LogP contribution in [0.5, 0.6) is 5.75 Å². The monoisotopic (exact) mass is 492 g/mol. The maximum atomic E-state index is 13.6. The predicted molar refractivity (Wildman–Crippen MR) is 121 cm³/mol. The fourth-order valence-corrected chi connectivity index (χ4v) is 3.89. The van der Waals surface area contributed by atoms with E-state index in [2.05, 4.69) is 0 Å². The van der Waals surface area contributed by atoms with Crippen molar-refractivity contribution in [2.45, 2.75) is 42.6 Å². The van der Waals surface area contributed by atoms with Gasteiger partial charge in [0.2, 0.25) is 0 Å². The van der Waals surface area contributed by atoms with Crippen molar-refractivity contribution in [1.82, 2.24) is 0 Å². The fraction of sp³-hybridized carbons (Fsp3) is 0.308. The van der Waals surface area contributed by atoms with Gasteiger partial charge in [-0.3, -0.25) is 0 Å². The number of aliphatic hydroxyl groups is 5. The summed E-state index contributed by atoms with van der Waals surface area (Å²) in [6, 6.07) is 20.7. The summed E-state index contributed by atoms with van der Waals surface area (Å²) < 4.78 is 47.0. The lowest BCUT2D eigenvalue weighted by atomic mass is 9.78. The van der Waals surface area contributed by atoms with E-state index in [9.17, 15) is 38.7 Å². The van der Waals surface area contributed by atoms with E-state index in [-0.39, 0.29) is 17.7 Å². The molecule has 3 aromatic carbocycles. The zero-order valence-corrected chi connectivity index (χ0v) is 18.6. The Morgan fingerprint density at radius 2 is 1.29 bits per heavy atom. The first-order valence-corrected chi connectivity index (χ1v) is 10.9. The van der Waals surface area contributed by atoms with Crippen molar-refractivity contribution in [3.8, 4) is 5.75 Å². The summed E-state index contributed by atoms with van der Waals surface area (Å²) in [6.07, 6.45) is -12.9. The molecular formula is C26H27F3O6. The van der Waals surface area contributed by atoms with Gasteiger partial charge >= 0.3 is 6.18 Å². The highest BCUT2D eigenvalue weighted by atomic mass is 19.4. The molecule has 0 aliphatic rings. The Bertz CT molecular complexity index is 1020. The molecule has 5 unspecified atom stereocenters. The topological polar surface area (TPSA) is 110 Å². The molecule has 0 spiro atoms. The number of para-hydroxylation sites is 1. The van der Waals surface area contributed by atoms with Crippen molar-refractivity contribution in [2.24, 2.45) is 0 Å². The first-order chi connectivity index (χ1) is 16.6. The van der Waals surface area contributed by atoms with Gasteiger partial charge in [0.15, 0.2) is 5.60 Å². The van der Waals surface area contributed by atoms with Crippen LogP contribution in [-0.2, 0) is 18.2 Å². The summed E-state index contributed by atoms with van der Waals surface area (Å²) in [4.78, 5) is 0. The van der Waals surface area contributed by atoms with Gasteiger partial charge in [0.25, 0.3) is 0 Å². The molecule has 3 rings (SSSR count). The number of hydrogen-bond donors (Lipinski definition) is 5. The molecule has 0 fully saturated rings. The summed E-state index contributed by atoms with van der Waals surface area (Å²) in [7, 11) is 0. The average Bonchev–Trinajstić information content (AvgIpc) is 2.87. The molecular weight excluding hydrogens is 465 g/mol. The molecule has 6 nitrogen and oxygen atoms in total. The van der Waals surface area contributed by atoms with E-state index in [1.165, 1.54) is 18.2 Å². The summed E-state index contributed by atoms with van der Waals surface area (Å²) >= 11 is 0. The maximum Gasteiger partial charge on any atom is 0.416 e. The predicted octanol–water partition coefficient (Wildman–Crippen LogP) is 2.66. The van der Waals surface area contributed by atoms with Gasteiger partial charge < -0.3 is 30.3 Å². The number of ether oxygens (including phenoxy) is 1. The molecule has 0 aliphatic carbocycles. The lowest BCUT2D eigenvalue weighted by Crippen LogP contribution is -2.57. The van der Waals surface area contributed by atoms with Crippen LogP contribution in [0.15, 0.2) is 84.9 Å². The van der Waals surface area contributed by atoms with Crippen molar-refractivity contribution >= 4 is 0 Å². The third-order valence-corrected chi connectivity index (χ3v) is 5.76. The third kappa shape index (κ3) is 6.19. The number of alkyl halides is 3. The summed E-state index contributed by atoms with van der Waals surface area (Å²) in [5.74, 6) is 0.185. The molecule has 0 saturated heterocycles. The number of rotatable bonds is 10. The van der Waals surface area contributed by atoms with E-state index >= 15 is 0 Å². The van der Waals surface area contributed by atoms with Crippen LogP contribution in [0.25, 0.3) is 0 Å². The zero-order valence-electron chi connectivity index (χ0n) is 18.6. The summed E-state index contributed by atoms with van der Waals surface area (Å²) in [5.41, 5.74) is -2.59. The first kappa shape index (κ1) is 26.7. The lowest BCUT2D eigenvalue weighted by molar-refractivity contribution is -0.168. The smallest absolute Gasteiger partial charge is 0.416 e. The minimum atomic E-state index is -4.70. The van der Waals surface area contributed by atoms with Crippen LogP contribution in [-0.4, -0.2) is 56.6 Å². The van der Waals surface area contributed by atoms with Crippen LogP contribution < -0.4 is 4.74 Å². The molecule has 5 N–H and O–H groups in total. The molecule has 9 heteroatoms. The Morgan fingerprint density at radius 1 is 0.714 bits per heavy atom. The van der Waals surface area contributed by atoms with Gasteiger partial charge in [-0.1, -0.05) is 60.7 Å². The van der Waals surface area contributed by atoms with Crippen LogP contribution in [0.4, 0.5) is 13.2 Å². The van der Waals surface area contributed by atoms with Crippen molar-refractivity contribution in [2.75, 3.05) is 6.61 Å². The van der Waals surface area contributed by atoms with Crippen LogP contribution >= 0.6 is 0 Å². The minimum absolute atomic E-state index is 0.114. The highest BCUT2D eigenvalue weighted by molar-refractivity contribution is 5.36. The van der Waals surface area contributed by atoms with Gasteiger partial charge in [-0.2, -0.15) is 13.2 Å². The molecule has 0 heterocycles. The van der Waals surface area contributed by atoms with Crippen LogP contribution in [0, 0.1) is 0 Å². The molecule has 0 aromatic heterocycles. The SMILES string of the molecule is OCC(O)C(O)C(O)C(O)C(Cc1ccccc1)(Oc1ccccc1)c1cccc(C(F)(F)F)c1. The van der Waals surface area contributed by atoms with E-state index in [0.29, 0.717) is 5.56 Å². The highest BCUT2D eigenvalue weighted by Gasteiger charge is 2.49. The molecule has 0 bridgehead atoms. The van der Waals surface area contributed by atoms with E-state index in [1.807, 2.05) is 0 Å². The van der Waals surface area contributed by atoms with Crippen molar-refractivity contribution in [3.63, 3.8) is 0 Å². The minimum Gasteiger partial charge on any atom is -0.479 e. The third-order valence-electron chi connectivity index (χ3n) is 5.76. The van der Waals surface area contributed by atoms with E-state index in [1.54, 1.807) is 48.5 Å². The highest BCUT2D eigenvalue weighted by Crippen LogP contribution is 2.40. The second-order valence-electron chi connectivity index (χ2n) is 8.22. The Morgan fingerprint density at radius 3 is 1.86 bits per heavy atom. The second-order valence-corrected chi connectivity index (χ2v) is 8.22. The molecule has 0 aliphatic heterocycles. The molecule has 3 aromatic rings. The summed E-state index contributed by atoms with van der Waals surface area (Å²) in [5, 5.41) is 51.6. The summed E-state index contributed by atoms with van der Waals surface area (Å²) in [6.45, 7) is -0.917. The van der Waals surface area contributed by atoms with Gasteiger partial charge in [0.1, 0.15) is 30.2 Å². The largest absolute Gasteiger partial charge is 0.479 e. The van der Waals surface area contributed by atoms with Crippen molar-refractivity contribution in [1.29, 1.82) is 0 Å². The maximum absolute atomic E-state index is 13.6. The van der Waals surface area contributed by atoms with Gasteiger partial charge in [-0.25, -0.2) is 0 Å². The van der Waals surface area contributed by atoms with Gasteiger partial charge in [-0.15, -0.1) is 0 Å². The quantitative estimate of drug-likeness (QED) is 0.298. The average molecular weight is 492 g/mol. The second kappa shape index (κ2) is 11.2. The van der Waals surface area contributed by atoms with Gasteiger partial charge in [0.05, 0.1) is 12.2 Å². The normalized spacial score (nSPS) is 17.1. The Kier molecular flexibility index (Phi) is 8.52. The van der Waals surface area contributed by atoms with Crippen LogP contribution in [0.1, 0.15) is 16.7 Å². The lowest BCUT2D eigenvalue weighted by Gasteiger charge is -2.42. The number of hydrogen-bond acceptors (Lipinski definition) is 6.